The summed E-state index contributed by atoms with van der Waals surface area (Å²) >= 11 is 5.19. The highest BCUT2D eigenvalue weighted by Gasteiger charge is 2.24. The van der Waals surface area contributed by atoms with Crippen LogP contribution in [0.2, 0.25) is 0 Å². The molecule has 0 fully saturated rings. The minimum Gasteiger partial charge on any atom is -0.233 e. The molecule has 4 aromatic heterocycles. The summed E-state index contributed by atoms with van der Waals surface area (Å²) in [6.07, 6.45) is 0. The molecule has 3 nitrogen and oxygen atoms in total. The van der Waals surface area contributed by atoms with Gasteiger partial charge in [-0.15, -0.1) is 34.0 Å². The Morgan fingerprint density at radius 1 is 0.537 bits per heavy atom. The van der Waals surface area contributed by atoms with E-state index in [1.54, 1.807) is 58.3 Å². The molecule has 0 saturated heterocycles. The van der Waals surface area contributed by atoms with E-state index in [2.05, 4.69) is 65.4 Å². The van der Waals surface area contributed by atoms with Crippen molar-refractivity contribution in [3.8, 4) is 31.3 Å². The Morgan fingerprint density at radius 3 is 1.83 bits per heavy atom. The zero-order valence-corrected chi connectivity index (χ0v) is 24.8. The van der Waals surface area contributed by atoms with Crippen molar-refractivity contribution in [1.29, 1.82) is 0 Å². The third-order valence-electron chi connectivity index (χ3n) is 7.38. The van der Waals surface area contributed by atoms with Crippen LogP contribution in [0.1, 0.15) is 0 Å². The number of thiophene rings is 3. The van der Waals surface area contributed by atoms with Gasteiger partial charge in [0.05, 0.1) is 15.9 Å². The van der Waals surface area contributed by atoms with Crippen LogP contribution >= 0.6 is 34.0 Å². The van der Waals surface area contributed by atoms with E-state index in [0.717, 1.165) is 31.3 Å². The van der Waals surface area contributed by atoms with Crippen molar-refractivity contribution in [3.05, 3.63) is 126 Å². The minimum absolute atomic E-state index is 0.279. The molecule has 0 aliphatic rings. The number of hydrogen-bond donors (Lipinski definition) is 0. The van der Waals surface area contributed by atoms with Crippen molar-refractivity contribution >= 4 is 75.9 Å². The number of benzene rings is 4. The Bertz CT molecular complexity index is 2260. The first-order valence-corrected chi connectivity index (χ1v) is 17.1. The number of hydrogen-bond acceptors (Lipinski definition) is 5. The van der Waals surface area contributed by atoms with Gasteiger partial charge in [0.15, 0.2) is 0 Å². The van der Waals surface area contributed by atoms with Crippen LogP contribution in [0.5, 0.6) is 0 Å². The third kappa shape index (κ3) is 4.08. The standard InChI is InChI=1S/C34H21NO2S4/c36-41(37,26-8-2-1-3-9-26)35-29-11-5-4-10-27(29)28-19-25-20-33(40-34(25)21-30(28)35)24-17-22(31-12-6-14-38-31)16-23(18-24)32-13-7-15-39-32/h1-21H. The summed E-state index contributed by atoms with van der Waals surface area (Å²) in [5.74, 6) is 0. The highest BCUT2D eigenvalue weighted by atomic mass is 32.2. The number of nitrogens with zero attached hydrogens (tertiary/aromatic N) is 1. The van der Waals surface area contributed by atoms with Crippen molar-refractivity contribution < 1.29 is 8.42 Å². The average Bonchev–Trinajstić information content (AvgIpc) is 3.82. The van der Waals surface area contributed by atoms with E-state index in [1.165, 1.54) is 24.9 Å². The maximum absolute atomic E-state index is 14.0. The fraction of sp³-hybridized carbons (Fsp3) is 0. The first-order chi connectivity index (χ1) is 20.1. The Morgan fingerprint density at radius 2 is 1.17 bits per heavy atom. The molecule has 0 unspecified atom stereocenters. The molecule has 0 aliphatic carbocycles. The topological polar surface area (TPSA) is 39.1 Å². The molecular weight excluding hydrogens is 583 g/mol. The summed E-state index contributed by atoms with van der Waals surface area (Å²) in [6, 6.07) is 38.2. The van der Waals surface area contributed by atoms with Crippen molar-refractivity contribution in [2.45, 2.75) is 4.90 Å². The van der Waals surface area contributed by atoms with Gasteiger partial charge in [0.25, 0.3) is 10.0 Å². The molecule has 198 valence electrons. The lowest BCUT2D eigenvalue weighted by atomic mass is 10.0. The molecule has 0 atom stereocenters. The second-order valence-corrected chi connectivity index (χ2v) is 14.6. The van der Waals surface area contributed by atoms with Gasteiger partial charge in [-0.25, -0.2) is 12.4 Å². The van der Waals surface area contributed by atoms with Gasteiger partial charge in [-0.05, 0) is 99.6 Å². The quantitative estimate of drug-likeness (QED) is 0.196. The predicted octanol–water partition coefficient (Wildman–Crippen LogP) is 10.4. The lowest BCUT2D eigenvalue weighted by Crippen LogP contribution is -2.12. The van der Waals surface area contributed by atoms with E-state index in [-0.39, 0.29) is 4.90 Å². The van der Waals surface area contributed by atoms with Crippen molar-refractivity contribution in [2.24, 2.45) is 0 Å². The number of fused-ring (bicyclic) bond motifs is 4. The summed E-state index contributed by atoms with van der Waals surface area (Å²) in [5, 5.41) is 7.19. The zero-order chi connectivity index (χ0) is 27.6. The van der Waals surface area contributed by atoms with E-state index in [9.17, 15) is 8.42 Å². The molecule has 0 radical (unpaired) electrons. The van der Waals surface area contributed by atoms with E-state index in [1.807, 2.05) is 36.4 Å². The van der Waals surface area contributed by atoms with Gasteiger partial charge in [0, 0.05) is 30.1 Å². The molecule has 4 aromatic carbocycles. The fourth-order valence-electron chi connectivity index (χ4n) is 5.51. The molecule has 0 bridgehead atoms. The number of para-hydroxylation sites is 1. The smallest absolute Gasteiger partial charge is 0.233 e. The Kier molecular flexibility index (Phi) is 5.76. The predicted molar refractivity (Wildman–Crippen MR) is 176 cm³/mol. The second kappa shape index (κ2) is 9.53. The first-order valence-electron chi connectivity index (χ1n) is 13.1. The lowest BCUT2D eigenvalue weighted by Gasteiger charge is -2.09. The molecule has 7 heteroatoms. The highest BCUT2D eigenvalue weighted by molar-refractivity contribution is 7.90. The van der Waals surface area contributed by atoms with Gasteiger partial charge in [0.1, 0.15) is 0 Å². The molecule has 41 heavy (non-hydrogen) atoms. The molecular formula is C34H21NO2S4. The van der Waals surface area contributed by atoms with Gasteiger partial charge < -0.3 is 0 Å². The van der Waals surface area contributed by atoms with Crippen molar-refractivity contribution in [3.63, 3.8) is 0 Å². The lowest BCUT2D eigenvalue weighted by molar-refractivity contribution is 0.590. The highest BCUT2D eigenvalue weighted by Crippen LogP contribution is 2.42. The fourth-order valence-corrected chi connectivity index (χ4v) is 9.54. The molecule has 0 saturated carbocycles. The maximum Gasteiger partial charge on any atom is 0.268 e. The third-order valence-corrected chi connectivity index (χ3v) is 12.1. The summed E-state index contributed by atoms with van der Waals surface area (Å²) < 4.78 is 30.5. The van der Waals surface area contributed by atoms with E-state index < -0.39 is 10.0 Å². The Balaban J connectivity index is 1.36. The molecule has 8 aromatic rings. The molecule has 4 heterocycles. The maximum atomic E-state index is 14.0. The average molecular weight is 604 g/mol. The van der Waals surface area contributed by atoms with Gasteiger partial charge in [0.2, 0.25) is 0 Å². The molecule has 0 amide bonds. The normalized spacial score (nSPS) is 12.1. The van der Waals surface area contributed by atoms with Crippen molar-refractivity contribution in [2.75, 3.05) is 0 Å². The van der Waals surface area contributed by atoms with Crippen LogP contribution in [0.3, 0.4) is 0 Å². The Labute approximate surface area is 249 Å². The van der Waals surface area contributed by atoms with E-state index in [4.69, 9.17) is 0 Å². The monoisotopic (exact) mass is 603 g/mol. The van der Waals surface area contributed by atoms with Crippen LogP contribution in [0.25, 0.3) is 63.2 Å². The van der Waals surface area contributed by atoms with Crippen LogP contribution in [-0.4, -0.2) is 12.4 Å². The number of rotatable bonds is 5. The van der Waals surface area contributed by atoms with Crippen LogP contribution in [-0.2, 0) is 10.0 Å². The van der Waals surface area contributed by atoms with Crippen LogP contribution in [0.4, 0.5) is 0 Å². The van der Waals surface area contributed by atoms with Gasteiger partial charge in [-0.1, -0.05) is 48.5 Å². The molecule has 0 N–H and O–H groups in total. The largest absolute Gasteiger partial charge is 0.268 e. The molecule has 8 rings (SSSR count). The first kappa shape index (κ1) is 24.8. The zero-order valence-electron chi connectivity index (χ0n) is 21.5. The Hall–Kier alpha value is -4.01. The molecule has 0 aliphatic heterocycles. The second-order valence-electron chi connectivity index (χ2n) is 9.87. The van der Waals surface area contributed by atoms with Gasteiger partial charge in [-0.2, -0.15) is 0 Å². The summed E-state index contributed by atoms with van der Waals surface area (Å²) in [4.78, 5) is 3.91. The van der Waals surface area contributed by atoms with Crippen LogP contribution in [0.15, 0.2) is 131 Å². The summed E-state index contributed by atoms with van der Waals surface area (Å²) in [5.41, 5.74) is 4.95. The number of aromatic nitrogens is 1. The summed E-state index contributed by atoms with van der Waals surface area (Å²) in [7, 11) is -3.80. The van der Waals surface area contributed by atoms with Crippen molar-refractivity contribution in [1.82, 2.24) is 3.97 Å². The SMILES string of the molecule is O=S(=O)(c1ccccc1)n1c2ccccc2c2cc3cc(-c4cc(-c5cccs5)cc(-c5cccs5)c4)sc3cc21. The van der Waals surface area contributed by atoms with Gasteiger partial charge in [-0.3, -0.25) is 0 Å². The van der Waals surface area contributed by atoms with E-state index >= 15 is 0 Å². The minimum atomic E-state index is -3.80. The summed E-state index contributed by atoms with van der Waals surface area (Å²) in [6.45, 7) is 0. The van der Waals surface area contributed by atoms with Gasteiger partial charge >= 0.3 is 0 Å². The van der Waals surface area contributed by atoms with Crippen LogP contribution in [0, 0.1) is 0 Å². The van der Waals surface area contributed by atoms with E-state index in [0.29, 0.717) is 11.0 Å². The van der Waals surface area contributed by atoms with Crippen LogP contribution < -0.4 is 0 Å². The molecule has 0 spiro atoms.